The van der Waals surface area contributed by atoms with E-state index in [4.69, 9.17) is 11.6 Å². The molecule has 0 radical (unpaired) electrons. The number of benzene rings is 2. The summed E-state index contributed by atoms with van der Waals surface area (Å²) in [6, 6.07) is 14.8. The average Bonchev–Trinajstić information content (AvgIpc) is 3.14. The first-order valence-corrected chi connectivity index (χ1v) is 10.9. The highest BCUT2D eigenvalue weighted by atomic mass is 35.5. The van der Waals surface area contributed by atoms with Gasteiger partial charge in [-0.15, -0.1) is 0 Å². The number of hydrogen-bond acceptors (Lipinski definition) is 2. The van der Waals surface area contributed by atoms with E-state index < -0.39 is 5.91 Å². The second-order valence-electron chi connectivity index (χ2n) is 7.46. The molecule has 162 valence electrons. The highest BCUT2D eigenvalue weighted by molar-refractivity contribution is 6.34. The van der Waals surface area contributed by atoms with Gasteiger partial charge in [0.2, 0.25) is 0 Å². The van der Waals surface area contributed by atoms with Crippen molar-refractivity contribution in [2.45, 2.75) is 33.2 Å². The van der Waals surface area contributed by atoms with Gasteiger partial charge in [-0.2, -0.15) is 0 Å². The number of halogens is 1. The third kappa shape index (κ3) is 5.17. The molecule has 0 fully saturated rings. The molecular weight excluding hydrogens is 410 g/mol. The monoisotopic (exact) mass is 437 g/mol. The van der Waals surface area contributed by atoms with E-state index in [1.54, 1.807) is 42.3 Å². The van der Waals surface area contributed by atoms with Crippen LogP contribution in [0.15, 0.2) is 60.4 Å². The molecule has 3 rings (SSSR count). The molecule has 1 aromatic heterocycles. The van der Waals surface area contributed by atoms with Crippen molar-refractivity contribution in [3.8, 4) is 0 Å². The summed E-state index contributed by atoms with van der Waals surface area (Å²) in [5.41, 5.74) is 2.52. The van der Waals surface area contributed by atoms with Crippen LogP contribution in [-0.2, 0) is 11.3 Å². The van der Waals surface area contributed by atoms with E-state index in [0.29, 0.717) is 17.1 Å². The number of amides is 2. The predicted octanol–water partition coefficient (Wildman–Crippen LogP) is 5.34. The fraction of sp³-hybridized carbons (Fsp3) is 0.280. The van der Waals surface area contributed by atoms with E-state index in [1.807, 2.05) is 30.5 Å². The zero-order valence-corrected chi connectivity index (χ0v) is 18.9. The van der Waals surface area contributed by atoms with Gasteiger partial charge >= 0.3 is 0 Å². The van der Waals surface area contributed by atoms with Gasteiger partial charge in [0.15, 0.2) is 0 Å². The number of hydrogen-bond donors (Lipinski definition) is 1. The molecule has 3 aromatic rings. The van der Waals surface area contributed by atoms with Crippen molar-refractivity contribution in [1.29, 1.82) is 0 Å². The van der Waals surface area contributed by atoms with Gasteiger partial charge in [-0.25, -0.2) is 0 Å². The summed E-state index contributed by atoms with van der Waals surface area (Å²) in [4.78, 5) is 27.8. The van der Waals surface area contributed by atoms with Gasteiger partial charge < -0.3 is 14.8 Å². The lowest BCUT2D eigenvalue weighted by molar-refractivity contribution is -0.126. The zero-order valence-electron chi connectivity index (χ0n) is 18.2. The molecule has 5 nitrogen and oxygen atoms in total. The van der Waals surface area contributed by atoms with E-state index in [0.717, 1.165) is 35.9 Å². The number of aromatic nitrogens is 1. The summed E-state index contributed by atoms with van der Waals surface area (Å²) in [5, 5.41) is 4.18. The number of para-hydroxylation sites is 1. The third-order valence-electron chi connectivity index (χ3n) is 5.25. The van der Waals surface area contributed by atoms with Crippen molar-refractivity contribution in [3.63, 3.8) is 0 Å². The Morgan fingerprint density at radius 1 is 1.10 bits per heavy atom. The van der Waals surface area contributed by atoms with E-state index in [1.165, 1.54) is 0 Å². The first kappa shape index (κ1) is 22.6. The SMILES string of the molecule is CCCCN(C)C(=O)C(=Cc1cn(CC)c2ccccc12)NC(=O)c1ccccc1Cl. The molecule has 0 bridgehead atoms. The van der Waals surface area contributed by atoms with Crippen molar-refractivity contribution in [1.82, 2.24) is 14.8 Å². The van der Waals surface area contributed by atoms with Gasteiger partial charge in [0.05, 0.1) is 10.6 Å². The van der Waals surface area contributed by atoms with E-state index in [9.17, 15) is 9.59 Å². The molecule has 1 N–H and O–H groups in total. The molecule has 1 heterocycles. The standard InChI is InChI=1S/C25H28ClN3O2/c1-4-6-15-28(3)25(31)22(27-24(30)20-12-7-9-13-21(20)26)16-18-17-29(5-2)23-14-10-8-11-19(18)23/h7-14,16-17H,4-6,15H2,1-3H3,(H,27,30). The van der Waals surface area contributed by atoms with Crippen molar-refractivity contribution < 1.29 is 9.59 Å². The Morgan fingerprint density at radius 2 is 1.81 bits per heavy atom. The topological polar surface area (TPSA) is 54.3 Å². The maximum Gasteiger partial charge on any atom is 0.270 e. The minimum atomic E-state index is -0.409. The summed E-state index contributed by atoms with van der Waals surface area (Å²) in [7, 11) is 1.75. The van der Waals surface area contributed by atoms with Crippen LogP contribution in [0.1, 0.15) is 42.6 Å². The second kappa shape index (κ2) is 10.3. The molecular formula is C25H28ClN3O2. The highest BCUT2D eigenvalue weighted by Crippen LogP contribution is 2.24. The Kier molecular flexibility index (Phi) is 7.53. The molecule has 2 amide bonds. The van der Waals surface area contributed by atoms with Crippen molar-refractivity contribution in [2.24, 2.45) is 0 Å². The second-order valence-corrected chi connectivity index (χ2v) is 7.87. The Hall–Kier alpha value is -3.05. The summed E-state index contributed by atoms with van der Waals surface area (Å²) in [6.45, 7) is 5.57. The van der Waals surface area contributed by atoms with Gasteiger partial charge in [-0.3, -0.25) is 9.59 Å². The summed E-state index contributed by atoms with van der Waals surface area (Å²) >= 11 is 6.19. The molecule has 2 aromatic carbocycles. The van der Waals surface area contributed by atoms with Crippen LogP contribution in [0.4, 0.5) is 0 Å². The van der Waals surface area contributed by atoms with Gasteiger partial charge in [-0.1, -0.05) is 55.3 Å². The fourth-order valence-corrected chi connectivity index (χ4v) is 3.72. The number of nitrogens with zero attached hydrogens (tertiary/aromatic N) is 2. The normalized spacial score (nSPS) is 11.5. The summed E-state index contributed by atoms with van der Waals surface area (Å²) < 4.78 is 2.12. The Balaban J connectivity index is 2.03. The van der Waals surface area contributed by atoms with E-state index in [-0.39, 0.29) is 11.6 Å². The predicted molar refractivity (Wildman–Crippen MR) is 127 cm³/mol. The molecule has 0 aliphatic rings. The van der Waals surface area contributed by atoms with Crippen LogP contribution < -0.4 is 5.32 Å². The smallest absolute Gasteiger partial charge is 0.270 e. The van der Waals surface area contributed by atoms with Crippen molar-refractivity contribution >= 4 is 40.4 Å². The number of nitrogens with one attached hydrogen (secondary N) is 1. The van der Waals surface area contributed by atoms with Crippen LogP contribution in [-0.4, -0.2) is 34.9 Å². The van der Waals surface area contributed by atoms with Gasteiger partial charge in [0.1, 0.15) is 5.70 Å². The molecule has 0 unspecified atom stereocenters. The highest BCUT2D eigenvalue weighted by Gasteiger charge is 2.20. The molecule has 0 saturated heterocycles. The Morgan fingerprint density at radius 3 is 2.52 bits per heavy atom. The summed E-state index contributed by atoms with van der Waals surface area (Å²) in [6.07, 6.45) is 5.63. The summed E-state index contributed by atoms with van der Waals surface area (Å²) in [5.74, 6) is -0.643. The molecule has 0 atom stereocenters. The number of carbonyl (C=O) groups excluding carboxylic acids is 2. The van der Waals surface area contributed by atoms with Crippen LogP contribution in [0.2, 0.25) is 5.02 Å². The third-order valence-corrected chi connectivity index (χ3v) is 5.58. The molecule has 31 heavy (non-hydrogen) atoms. The number of likely N-dealkylation sites (N-methyl/N-ethyl adjacent to an activating group) is 1. The Labute approximate surface area is 188 Å². The van der Waals surface area contributed by atoms with Gasteiger partial charge in [0.25, 0.3) is 11.8 Å². The minimum Gasteiger partial charge on any atom is -0.347 e. The Bertz CT molecular complexity index is 1120. The van der Waals surface area contributed by atoms with Crippen LogP contribution in [0.25, 0.3) is 17.0 Å². The molecule has 0 saturated carbocycles. The maximum absolute atomic E-state index is 13.2. The average molecular weight is 438 g/mol. The first-order chi connectivity index (χ1) is 15.0. The lowest BCUT2D eigenvalue weighted by Crippen LogP contribution is -2.36. The van der Waals surface area contributed by atoms with Crippen molar-refractivity contribution in [2.75, 3.05) is 13.6 Å². The lowest BCUT2D eigenvalue weighted by Gasteiger charge is -2.19. The molecule has 6 heteroatoms. The zero-order chi connectivity index (χ0) is 22.4. The van der Waals surface area contributed by atoms with Gasteiger partial charge in [0, 0.05) is 42.8 Å². The van der Waals surface area contributed by atoms with Crippen molar-refractivity contribution in [3.05, 3.63) is 76.6 Å². The largest absolute Gasteiger partial charge is 0.347 e. The molecule has 0 aliphatic heterocycles. The quantitative estimate of drug-likeness (QED) is 0.483. The van der Waals surface area contributed by atoms with Crippen LogP contribution in [0.3, 0.4) is 0 Å². The van der Waals surface area contributed by atoms with Crippen LogP contribution >= 0.6 is 11.6 Å². The van der Waals surface area contributed by atoms with Crippen LogP contribution in [0.5, 0.6) is 0 Å². The number of fused-ring (bicyclic) bond motifs is 1. The minimum absolute atomic E-state index is 0.225. The lowest BCUT2D eigenvalue weighted by atomic mass is 10.1. The number of unbranched alkanes of at least 4 members (excludes halogenated alkanes) is 1. The van der Waals surface area contributed by atoms with E-state index in [2.05, 4.69) is 23.7 Å². The molecule has 0 aliphatic carbocycles. The fourth-order valence-electron chi connectivity index (χ4n) is 3.50. The number of carbonyl (C=O) groups is 2. The maximum atomic E-state index is 13.2. The number of aryl methyl sites for hydroxylation is 1. The first-order valence-electron chi connectivity index (χ1n) is 10.6. The van der Waals surface area contributed by atoms with Gasteiger partial charge in [-0.05, 0) is 37.6 Å². The van der Waals surface area contributed by atoms with E-state index >= 15 is 0 Å². The number of rotatable bonds is 8. The van der Waals surface area contributed by atoms with Crippen LogP contribution in [0, 0.1) is 0 Å². The molecule has 0 spiro atoms.